The van der Waals surface area contributed by atoms with Crippen molar-refractivity contribution in [1.29, 1.82) is 0 Å². The van der Waals surface area contributed by atoms with Crippen molar-refractivity contribution in [3.05, 3.63) is 101 Å². The number of nitrogens with zero attached hydrogens (tertiary/aromatic N) is 2. The molecule has 6 nitrogen and oxygen atoms in total. The van der Waals surface area contributed by atoms with Gasteiger partial charge in [-0.3, -0.25) is 19.4 Å². The molecule has 0 atom stereocenters. The number of piperazine rings is 1. The molecular weight excluding hydrogens is 450 g/mol. The number of amides is 2. The summed E-state index contributed by atoms with van der Waals surface area (Å²) in [6.45, 7) is 3.02. The van der Waals surface area contributed by atoms with Crippen LogP contribution in [-0.4, -0.2) is 61.4 Å². The summed E-state index contributed by atoms with van der Waals surface area (Å²) in [4.78, 5) is 28.6. The average Bonchev–Trinajstić information content (AvgIpc) is 2.87. The van der Waals surface area contributed by atoms with Crippen molar-refractivity contribution in [3.8, 4) is 0 Å². The molecule has 0 aliphatic carbocycles. The van der Waals surface area contributed by atoms with Crippen LogP contribution in [0.4, 0.5) is 14.5 Å². The highest BCUT2D eigenvalue weighted by atomic mass is 19.1. The number of carbonyl (C=O) groups excluding carboxylic acids is 2. The smallest absolute Gasteiger partial charge is 0.251 e. The zero-order chi connectivity index (χ0) is 24.8. The second-order valence-electron chi connectivity index (χ2n) is 8.52. The average molecular weight is 479 g/mol. The van der Waals surface area contributed by atoms with Crippen molar-refractivity contribution in [1.82, 2.24) is 15.1 Å². The fourth-order valence-electron chi connectivity index (χ4n) is 4.34. The number of carbonyl (C=O) groups is 2. The van der Waals surface area contributed by atoms with Gasteiger partial charge in [0.1, 0.15) is 11.6 Å². The van der Waals surface area contributed by atoms with Crippen LogP contribution in [0.3, 0.4) is 0 Å². The fourth-order valence-corrected chi connectivity index (χ4v) is 4.34. The maximum Gasteiger partial charge on any atom is 0.251 e. The number of anilines is 1. The minimum absolute atomic E-state index is 0.125. The predicted octanol–water partition coefficient (Wildman–Crippen LogP) is 3.67. The van der Waals surface area contributed by atoms with Crippen molar-refractivity contribution >= 4 is 17.5 Å². The predicted molar refractivity (Wildman–Crippen MR) is 131 cm³/mol. The lowest BCUT2D eigenvalue weighted by atomic mass is 9.96. The van der Waals surface area contributed by atoms with Crippen LogP contribution in [-0.2, 0) is 4.79 Å². The zero-order valence-electron chi connectivity index (χ0n) is 19.5. The minimum atomic E-state index is -0.300. The molecular formula is C27H28F2N4O2. The summed E-state index contributed by atoms with van der Waals surface area (Å²) in [6, 6.07) is 19.4. The van der Waals surface area contributed by atoms with Crippen LogP contribution in [0.2, 0.25) is 0 Å². The molecule has 3 aromatic rings. The van der Waals surface area contributed by atoms with Crippen molar-refractivity contribution in [2.45, 2.75) is 6.04 Å². The van der Waals surface area contributed by atoms with E-state index in [1.165, 1.54) is 24.3 Å². The van der Waals surface area contributed by atoms with Gasteiger partial charge in [-0.15, -0.1) is 0 Å². The molecule has 1 aliphatic heterocycles. The molecule has 8 heteroatoms. The molecule has 35 heavy (non-hydrogen) atoms. The molecule has 1 fully saturated rings. The molecule has 2 N–H and O–H groups in total. The Bertz CT molecular complexity index is 1100. The standard InChI is InChI=1S/C27H28F2N4O2/c1-30-27(35)21-6-12-24(13-7-21)31-25(34)18-32-14-16-33(17-15-32)26(19-2-8-22(28)9-3-19)20-4-10-23(29)11-5-20/h2-13,26H,14-18H2,1H3,(H,30,35)(H,31,34). The Morgan fingerprint density at radius 1 is 0.800 bits per heavy atom. The van der Waals surface area contributed by atoms with Crippen molar-refractivity contribution < 1.29 is 18.4 Å². The Kier molecular flexibility index (Phi) is 7.84. The van der Waals surface area contributed by atoms with Crippen LogP contribution < -0.4 is 10.6 Å². The van der Waals surface area contributed by atoms with E-state index in [9.17, 15) is 18.4 Å². The molecule has 1 saturated heterocycles. The van der Waals surface area contributed by atoms with Crippen LogP contribution in [0.1, 0.15) is 27.5 Å². The largest absolute Gasteiger partial charge is 0.355 e. The van der Waals surface area contributed by atoms with Gasteiger partial charge in [-0.05, 0) is 59.7 Å². The first kappa shape index (κ1) is 24.5. The lowest BCUT2D eigenvalue weighted by molar-refractivity contribution is -0.117. The Morgan fingerprint density at radius 2 is 1.31 bits per heavy atom. The van der Waals surface area contributed by atoms with E-state index < -0.39 is 0 Å². The van der Waals surface area contributed by atoms with E-state index in [1.54, 1.807) is 55.6 Å². The van der Waals surface area contributed by atoms with Crippen LogP contribution in [0, 0.1) is 11.6 Å². The van der Waals surface area contributed by atoms with Gasteiger partial charge in [0, 0.05) is 44.5 Å². The maximum atomic E-state index is 13.5. The van der Waals surface area contributed by atoms with Crippen molar-refractivity contribution in [2.24, 2.45) is 0 Å². The monoisotopic (exact) mass is 478 g/mol. The van der Waals surface area contributed by atoms with Crippen LogP contribution in [0.5, 0.6) is 0 Å². The normalized spacial score (nSPS) is 14.6. The first-order valence-corrected chi connectivity index (χ1v) is 11.5. The topological polar surface area (TPSA) is 64.7 Å². The van der Waals surface area contributed by atoms with Gasteiger partial charge in [0.05, 0.1) is 12.6 Å². The molecule has 3 aromatic carbocycles. The van der Waals surface area contributed by atoms with Crippen molar-refractivity contribution in [3.63, 3.8) is 0 Å². The Balaban J connectivity index is 1.37. The Hall–Kier alpha value is -3.62. The number of nitrogens with one attached hydrogen (secondary N) is 2. The number of benzene rings is 3. The third kappa shape index (κ3) is 6.29. The first-order valence-electron chi connectivity index (χ1n) is 11.5. The van der Waals surface area contributed by atoms with Gasteiger partial charge in [-0.25, -0.2) is 8.78 Å². The first-order chi connectivity index (χ1) is 16.9. The fraction of sp³-hybridized carbons (Fsp3) is 0.259. The van der Waals surface area contributed by atoms with Gasteiger partial charge in [0.25, 0.3) is 5.91 Å². The second kappa shape index (κ2) is 11.2. The van der Waals surface area contributed by atoms with Crippen LogP contribution in [0.15, 0.2) is 72.8 Å². The molecule has 1 aliphatic rings. The molecule has 182 valence electrons. The van der Waals surface area contributed by atoms with E-state index in [2.05, 4.69) is 20.4 Å². The van der Waals surface area contributed by atoms with Crippen molar-refractivity contribution in [2.75, 3.05) is 45.1 Å². The molecule has 0 bridgehead atoms. The molecule has 0 radical (unpaired) electrons. The van der Waals surface area contributed by atoms with E-state index in [1.807, 2.05) is 0 Å². The highest BCUT2D eigenvalue weighted by Crippen LogP contribution is 2.30. The SMILES string of the molecule is CNC(=O)c1ccc(NC(=O)CN2CCN(C(c3ccc(F)cc3)c3ccc(F)cc3)CC2)cc1. The van der Waals surface area contributed by atoms with Gasteiger partial charge in [0.15, 0.2) is 0 Å². The molecule has 0 saturated carbocycles. The third-order valence-corrected chi connectivity index (χ3v) is 6.17. The highest BCUT2D eigenvalue weighted by molar-refractivity contribution is 5.96. The third-order valence-electron chi connectivity index (χ3n) is 6.17. The van der Waals surface area contributed by atoms with E-state index >= 15 is 0 Å². The summed E-state index contributed by atoms with van der Waals surface area (Å²) in [7, 11) is 1.57. The molecule has 0 spiro atoms. The lowest BCUT2D eigenvalue weighted by Crippen LogP contribution is -2.49. The van der Waals surface area contributed by atoms with E-state index in [0.29, 0.717) is 37.4 Å². The summed E-state index contributed by atoms with van der Waals surface area (Å²) in [5.41, 5.74) is 3.03. The number of hydrogen-bond acceptors (Lipinski definition) is 4. The van der Waals surface area contributed by atoms with Gasteiger partial charge < -0.3 is 10.6 Å². The van der Waals surface area contributed by atoms with Crippen LogP contribution in [0.25, 0.3) is 0 Å². The number of hydrogen-bond donors (Lipinski definition) is 2. The summed E-state index contributed by atoms with van der Waals surface area (Å²) in [5.74, 6) is -0.906. The molecule has 0 unspecified atom stereocenters. The summed E-state index contributed by atoms with van der Waals surface area (Å²) < 4.78 is 27.0. The molecule has 2 amide bonds. The summed E-state index contributed by atoms with van der Waals surface area (Å²) >= 11 is 0. The second-order valence-corrected chi connectivity index (χ2v) is 8.52. The summed E-state index contributed by atoms with van der Waals surface area (Å²) in [6.07, 6.45) is 0. The van der Waals surface area contributed by atoms with E-state index in [-0.39, 0.29) is 36.0 Å². The van der Waals surface area contributed by atoms with E-state index in [4.69, 9.17) is 0 Å². The minimum Gasteiger partial charge on any atom is -0.355 e. The van der Waals surface area contributed by atoms with Gasteiger partial charge in [-0.1, -0.05) is 24.3 Å². The quantitative estimate of drug-likeness (QED) is 0.544. The maximum absolute atomic E-state index is 13.5. The van der Waals surface area contributed by atoms with E-state index in [0.717, 1.165) is 11.1 Å². The number of rotatable bonds is 7. The van der Waals surface area contributed by atoms with Gasteiger partial charge in [0.2, 0.25) is 5.91 Å². The highest BCUT2D eigenvalue weighted by Gasteiger charge is 2.27. The Morgan fingerprint density at radius 3 is 1.80 bits per heavy atom. The number of halogens is 2. The molecule has 4 rings (SSSR count). The Labute approximate surface area is 203 Å². The van der Waals surface area contributed by atoms with Gasteiger partial charge >= 0.3 is 0 Å². The zero-order valence-corrected chi connectivity index (χ0v) is 19.5. The molecule has 0 aromatic heterocycles. The molecule has 1 heterocycles. The lowest BCUT2D eigenvalue weighted by Gasteiger charge is -2.39. The van der Waals surface area contributed by atoms with Crippen LogP contribution >= 0.6 is 0 Å². The summed E-state index contributed by atoms with van der Waals surface area (Å²) in [5, 5.41) is 5.44. The van der Waals surface area contributed by atoms with Gasteiger partial charge in [-0.2, -0.15) is 0 Å².